The number of aromatic nitrogens is 4. The molecule has 0 aliphatic carbocycles. The third-order valence-corrected chi connectivity index (χ3v) is 5.56. The van der Waals surface area contributed by atoms with Crippen molar-refractivity contribution in [2.24, 2.45) is 5.41 Å². The Bertz CT molecular complexity index is 1150. The van der Waals surface area contributed by atoms with Crippen molar-refractivity contribution in [1.29, 1.82) is 0 Å². The maximum absolute atomic E-state index is 13.2. The summed E-state index contributed by atoms with van der Waals surface area (Å²) in [6.45, 7) is 3.36. The van der Waals surface area contributed by atoms with E-state index < -0.39 is 54.9 Å². The van der Waals surface area contributed by atoms with Crippen LogP contribution in [0.2, 0.25) is 0 Å². The van der Waals surface area contributed by atoms with Gasteiger partial charge in [0.05, 0.1) is 12.9 Å². The molecule has 0 spiro atoms. The smallest absolute Gasteiger partial charge is 0.375 e. The Morgan fingerprint density at radius 3 is 2.56 bits per heavy atom. The zero-order chi connectivity index (χ0) is 24.3. The van der Waals surface area contributed by atoms with Gasteiger partial charge in [-0.2, -0.15) is 4.98 Å². The van der Waals surface area contributed by atoms with Crippen LogP contribution in [0.1, 0.15) is 27.0 Å². The number of phosphoric ester groups is 1. The molecule has 7 N–H and O–H groups in total. The van der Waals surface area contributed by atoms with Crippen LogP contribution in [-0.4, -0.2) is 76.5 Å². The van der Waals surface area contributed by atoms with Crippen molar-refractivity contribution in [3.05, 3.63) is 16.7 Å². The van der Waals surface area contributed by atoms with E-state index in [-0.39, 0.29) is 17.1 Å². The number of hydrogen-bond acceptors (Lipinski definition) is 11. The highest BCUT2D eigenvalue weighted by Gasteiger charge is 2.73. The molecule has 3 heterocycles. The maximum Gasteiger partial charge on any atom is 0.469 e. The number of ether oxygens (including phenoxy) is 2. The number of nitrogens with one attached hydrogen (secondary N) is 1. The summed E-state index contributed by atoms with van der Waals surface area (Å²) in [6.07, 6.45) is -2.53. The van der Waals surface area contributed by atoms with E-state index in [0.29, 0.717) is 0 Å². The number of imidazole rings is 1. The number of ketones is 1. The Morgan fingerprint density at radius 2 is 2.03 bits per heavy atom. The number of methoxy groups -OCH3 is 1. The van der Waals surface area contributed by atoms with Gasteiger partial charge in [-0.25, -0.2) is 9.55 Å². The number of carbonyl (C=O) groups is 1. The summed E-state index contributed by atoms with van der Waals surface area (Å²) < 4.78 is 27.5. The van der Waals surface area contributed by atoms with Gasteiger partial charge in [-0.1, -0.05) is 20.8 Å². The van der Waals surface area contributed by atoms with E-state index in [4.69, 9.17) is 25.0 Å². The van der Waals surface area contributed by atoms with E-state index in [1.165, 1.54) is 20.8 Å². The normalized spacial score (nSPS) is 29.0. The van der Waals surface area contributed by atoms with Crippen molar-refractivity contribution >= 4 is 30.7 Å². The number of nitrogen functional groups attached to an aromatic ring is 1. The molecule has 1 aliphatic rings. The van der Waals surface area contributed by atoms with Gasteiger partial charge in [-0.15, -0.1) is 0 Å². The average molecular weight is 477 g/mol. The van der Waals surface area contributed by atoms with Crippen LogP contribution >= 0.6 is 7.82 Å². The van der Waals surface area contributed by atoms with E-state index in [0.717, 1.165) is 18.0 Å². The molecule has 3 rings (SSSR count). The van der Waals surface area contributed by atoms with Crippen LogP contribution in [-0.2, 0) is 23.4 Å². The standard InChI is InChI=1S/C16H24N5O10P/c1-14(2,3)11(23)15(24)7(5-30-32(26,27)28)31-12(16(15,25)29-4)21-6-18-8-9(21)19-13(17)20-10(8)22/h6-7,12,24-25H,5H2,1-4H3,(H2,26,27,28)(H3,17,19,20,22)/t7-,12-,15+,16-/m1/s1. The predicted octanol–water partition coefficient (Wildman–Crippen LogP) is -1.61. The fourth-order valence-electron chi connectivity index (χ4n) is 3.60. The molecule has 1 aliphatic heterocycles. The van der Waals surface area contributed by atoms with E-state index in [1.807, 2.05) is 0 Å². The second-order valence-corrected chi connectivity index (χ2v) is 9.52. The number of carbonyl (C=O) groups excluding carboxylic acids is 1. The number of H-pyrrole nitrogens is 1. The van der Waals surface area contributed by atoms with Gasteiger partial charge in [0, 0.05) is 12.5 Å². The molecule has 0 amide bonds. The number of fused-ring (bicyclic) bond motifs is 1. The Balaban J connectivity index is 2.22. The number of rotatable bonds is 6. The van der Waals surface area contributed by atoms with Gasteiger partial charge < -0.3 is 35.2 Å². The van der Waals surface area contributed by atoms with E-state index in [9.17, 15) is 24.4 Å². The number of aromatic amines is 1. The largest absolute Gasteiger partial charge is 0.469 e. The van der Waals surface area contributed by atoms with Crippen molar-refractivity contribution in [3.63, 3.8) is 0 Å². The molecular weight excluding hydrogens is 453 g/mol. The van der Waals surface area contributed by atoms with E-state index in [1.54, 1.807) is 0 Å². The monoisotopic (exact) mass is 477 g/mol. The molecule has 32 heavy (non-hydrogen) atoms. The summed E-state index contributed by atoms with van der Waals surface area (Å²) in [4.78, 5) is 53.6. The highest BCUT2D eigenvalue weighted by molar-refractivity contribution is 7.46. The van der Waals surface area contributed by atoms with E-state index >= 15 is 0 Å². The molecule has 4 atom stereocenters. The number of Topliss-reactive ketones (excluding diaryl/α,β-unsaturated/α-hetero) is 1. The molecule has 1 fully saturated rings. The zero-order valence-corrected chi connectivity index (χ0v) is 18.4. The first-order valence-corrected chi connectivity index (χ1v) is 10.7. The van der Waals surface area contributed by atoms with Crippen molar-refractivity contribution in [2.45, 2.75) is 44.5 Å². The van der Waals surface area contributed by atoms with Crippen LogP contribution in [0.5, 0.6) is 0 Å². The summed E-state index contributed by atoms with van der Waals surface area (Å²) in [6, 6.07) is 0. The lowest BCUT2D eigenvalue weighted by Crippen LogP contribution is -2.66. The summed E-state index contributed by atoms with van der Waals surface area (Å²) >= 11 is 0. The lowest BCUT2D eigenvalue weighted by Gasteiger charge is -2.41. The lowest BCUT2D eigenvalue weighted by atomic mass is 9.73. The highest BCUT2D eigenvalue weighted by Crippen LogP contribution is 2.51. The van der Waals surface area contributed by atoms with Crippen molar-refractivity contribution in [3.8, 4) is 0 Å². The van der Waals surface area contributed by atoms with Gasteiger partial charge in [0.15, 0.2) is 23.2 Å². The molecule has 0 saturated carbocycles. The molecule has 2 aromatic heterocycles. The minimum absolute atomic E-state index is 0.172. The van der Waals surface area contributed by atoms with E-state index in [2.05, 4.69) is 19.5 Å². The Morgan fingerprint density at radius 1 is 1.41 bits per heavy atom. The molecule has 0 unspecified atom stereocenters. The minimum atomic E-state index is -5.05. The van der Waals surface area contributed by atoms with Crippen molar-refractivity contribution in [2.75, 3.05) is 19.5 Å². The molecule has 16 heteroatoms. The molecule has 1 saturated heterocycles. The number of phosphoric acid groups is 1. The van der Waals surface area contributed by atoms with Gasteiger partial charge >= 0.3 is 7.82 Å². The van der Waals surface area contributed by atoms with Crippen LogP contribution in [0.25, 0.3) is 11.2 Å². The summed E-state index contributed by atoms with van der Waals surface area (Å²) in [5, 5.41) is 22.9. The summed E-state index contributed by atoms with van der Waals surface area (Å²) in [5.41, 5.74) is 0.375. The van der Waals surface area contributed by atoms with Gasteiger partial charge in [0.2, 0.25) is 11.5 Å². The minimum Gasteiger partial charge on any atom is -0.375 e. The Hall–Kier alpha value is -2.23. The third kappa shape index (κ3) is 3.76. The Labute approximate surface area is 180 Å². The predicted molar refractivity (Wildman–Crippen MR) is 106 cm³/mol. The number of nitrogens with two attached hydrogens (primary N) is 1. The second kappa shape index (κ2) is 7.67. The second-order valence-electron chi connectivity index (χ2n) is 8.28. The van der Waals surface area contributed by atoms with Crippen LogP contribution < -0.4 is 11.3 Å². The first-order chi connectivity index (χ1) is 14.6. The first-order valence-electron chi connectivity index (χ1n) is 9.19. The molecule has 15 nitrogen and oxygen atoms in total. The fraction of sp³-hybridized carbons (Fsp3) is 0.625. The quantitative estimate of drug-likeness (QED) is 0.203. The third-order valence-electron chi connectivity index (χ3n) is 5.08. The molecule has 2 aromatic rings. The molecular formula is C16H24N5O10P. The van der Waals surface area contributed by atoms with Crippen LogP contribution in [0, 0.1) is 5.41 Å². The van der Waals surface area contributed by atoms with Gasteiger partial charge in [-0.3, -0.25) is 23.7 Å². The number of nitrogens with zero attached hydrogens (tertiary/aromatic N) is 3. The van der Waals surface area contributed by atoms with Gasteiger partial charge in [0.25, 0.3) is 11.3 Å². The lowest BCUT2D eigenvalue weighted by molar-refractivity contribution is -0.290. The number of anilines is 1. The fourth-order valence-corrected chi connectivity index (χ4v) is 3.93. The molecule has 178 valence electrons. The highest BCUT2D eigenvalue weighted by atomic mass is 31.2. The van der Waals surface area contributed by atoms with Crippen molar-refractivity contribution in [1.82, 2.24) is 19.5 Å². The zero-order valence-electron chi connectivity index (χ0n) is 17.5. The topological polar surface area (TPSA) is 232 Å². The van der Waals surface area contributed by atoms with Crippen LogP contribution in [0.15, 0.2) is 11.1 Å². The number of hydrogen-bond donors (Lipinski definition) is 6. The van der Waals surface area contributed by atoms with Crippen LogP contribution in [0.4, 0.5) is 5.95 Å². The first kappa shape index (κ1) is 24.4. The van der Waals surface area contributed by atoms with Gasteiger partial charge in [-0.05, 0) is 0 Å². The van der Waals surface area contributed by atoms with Crippen LogP contribution in [0.3, 0.4) is 0 Å². The summed E-state index contributed by atoms with van der Waals surface area (Å²) in [7, 11) is -4.06. The molecule has 0 aromatic carbocycles. The van der Waals surface area contributed by atoms with Crippen molar-refractivity contribution < 1.29 is 43.4 Å². The number of aliphatic hydroxyl groups is 2. The Kier molecular flexibility index (Phi) is 5.85. The maximum atomic E-state index is 13.2. The SMILES string of the molecule is CO[C@]1(O)[C@H](n2cnc3c(=O)[nH]c(N)nc32)O[C@H](COP(=O)(O)O)[C@]1(O)C(=O)C(C)(C)C. The average Bonchev–Trinajstić information content (AvgIpc) is 3.17. The molecule has 0 bridgehead atoms. The molecule has 0 radical (unpaired) electrons. The summed E-state index contributed by atoms with van der Waals surface area (Å²) in [5.74, 6) is -4.08. The van der Waals surface area contributed by atoms with Gasteiger partial charge in [0.1, 0.15) is 6.10 Å².